The second kappa shape index (κ2) is 13.0. The number of rotatable bonds is 10. The minimum Gasteiger partial charge on any atom is -0.481 e. The molecule has 0 aromatic carbocycles. The number of amides is 4. The molecule has 3 rings (SSSR count). The van der Waals surface area contributed by atoms with Crippen LogP contribution in [0, 0.1) is 5.92 Å². The fraction of sp³-hybridized carbons (Fsp3) is 0.600. The highest BCUT2D eigenvalue weighted by atomic mass is 16.4. The number of carboxylic acid groups (broad SMARTS) is 1. The molecule has 0 radical (unpaired) electrons. The van der Waals surface area contributed by atoms with Crippen molar-refractivity contribution in [3.05, 3.63) is 30.1 Å². The Labute approximate surface area is 210 Å². The van der Waals surface area contributed by atoms with Crippen LogP contribution in [0.2, 0.25) is 0 Å². The molecular formula is C25H35N5O6. The number of nitrogens with zero attached hydrogens (tertiary/aromatic N) is 2. The van der Waals surface area contributed by atoms with E-state index in [1.807, 2.05) is 0 Å². The number of hydrogen-bond acceptors (Lipinski definition) is 6. The van der Waals surface area contributed by atoms with Gasteiger partial charge in [0.2, 0.25) is 17.7 Å². The highest BCUT2D eigenvalue weighted by molar-refractivity contribution is 5.95. The normalized spacial score (nSPS) is 21.3. The third-order valence-corrected chi connectivity index (χ3v) is 7.01. The van der Waals surface area contributed by atoms with E-state index in [4.69, 9.17) is 10.8 Å². The van der Waals surface area contributed by atoms with E-state index >= 15 is 0 Å². The summed E-state index contributed by atoms with van der Waals surface area (Å²) in [6, 6.07) is 0.939. The molecule has 1 aromatic rings. The number of carbonyl (C=O) groups is 5. The predicted molar refractivity (Wildman–Crippen MR) is 129 cm³/mol. The predicted octanol–water partition coefficient (Wildman–Crippen LogP) is 0.976. The van der Waals surface area contributed by atoms with Gasteiger partial charge in [0, 0.05) is 37.0 Å². The van der Waals surface area contributed by atoms with Gasteiger partial charge in [-0.15, -0.1) is 0 Å². The van der Waals surface area contributed by atoms with Gasteiger partial charge in [-0.25, -0.2) is 0 Å². The zero-order chi connectivity index (χ0) is 26.1. The number of aromatic nitrogens is 1. The van der Waals surface area contributed by atoms with Crippen molar-refractivity contribution in [1.29, 1.82) is 0 Å². The lowest BCUT2D eigenvalue weighted by atomic mass is 9.84. The average Bonchev–Trinajstić information content (AvgIpc) is 2.87. The van der Waals surface area contributed by atoms with Crippen LogP contribution in [0.5, 0.6) is 0 Å². The lowest BCUT2D eigenvalue weighted by Gasteiger charge is -2.39. The number of primary amides is 1. The van der Waals surface area contributed by atoms with Gasteiger partial charge in [0.25, 0.3) is 5.91 Å². The van der Waals surface area contributed by atoms with Crippen LogP contribution in [0.1, 0.15) is 74.6 Å². The molecule has 0 bridgehead atoms. The molecule has 11 heteroatoms. The number of nitrogens with one attached hydrogen (secondary N) is 2. The molecule has 1 aromatic heterocycles. The zero-order valence-corrected chi connectivity index (χ0v) is 20.4. The first kappa shape index (κ1) is 27.1. The summed E-state index contributed by atoms with van der Waals surface area (Å²) in [6.45, 7) is 0.168. The Hall–Kier alpha value is -3.50. The van der Waals surface area contributed by atoms with E-state index in [2.05, 4.69) is 15.6 Å². The first-order valence-electron chi connectivity index (χ1n) is 12.6. The SMILES string of the molecule is NC(=O)[C@H](CC1CCCCC1)NC(=O)[C@@H]1C[C@@H](NC(=O)c2ccncc2)CCN1C(=O)CCC(=O)O. The van der Waals surface area contributed by atoms with Crippen molar-refractivity contribution in [2.24, 2.45) is 11.7 Å². The van der Waals surface area contributed by atoms with Gasteiger partial charge < -0.3 is 26.4 Å². The van der Waals surface area contributed by atoms with E-state index in [1.54, 1.807) is 12.1 Å². The van der Waals surface area contributed by atoms with Gasteiger partial charge in [0.15, 0.2) is 0 Å². The van der Waals surface area contributed by atoms with Crippen LogP contribution in [-0.4, -0.2) is 69.3 Å². The van der Waals surface area contributed by atoms with E-state index in [9.17, 15) is 24.0 Å². The van der Waals surface area contributed by atoms with Crippen LogP contribution in [0.4, 0.5) is 0 Å². The summed E-state index contributed by atoms with van der Waals surface area (Å²) in [6.07, 6.45) is 8.68. The quantitative estimate of drug-likeness (QED) is 0.370. The van der Waals surface area contributed by atoms with Crippen molar-refractivity contribution >= 4 is 29.6 Å². The van der Waals surface area contributed by atoms with E-state index in [1.165, 1.54) is 17.3 Å². The number of piperidine rings is 1. The molecule has 5 N–H and O–H groups in total. The smallest absolute Gasteiger partial charge is 0.303 e. The van der Waals surface area contributed by atoms with Gasteiger partial charge in [0.05, 0.1) is 6.42 Å². The summed E-state index contributed by atoms with van der Waals surface area (Å²) in [5.74, 6) is -2.75. The fourth-order valence-electron chi connectivity index (χ4n) is 5.04. The molecule has 11 nitrogen and oxygen atoms in total. The number of carboxylic acids is 1. The number of pyridine rings is 1. The van der Waals surface area contributed by atoms with Crippen molar-refractivity contribution < 1.29 is 29.1 Å². The Balaban J connectivity index is 1.71. The third-order valence-electron chi connectivity index (χ3n) is 7.01. The van der Waals surface area contributed by atoms with Gasteiger partial charge in [0.1, 0.15) is 12.1 Å². The molecular weight excluding hydrogens is 466 g/mol. The molecule has 1 aliphatic heterocycles. The molecule has 3 atom stereocenters. The Morgan fingerprint density at radius 1 is 1.06 bits per heavy atom. The maximum atomic E-state index is 13.4. The molecule has 196 valence electrons. The van der Waals surface area contributed by atoms with Crippen LogP contribution in [0.25, 0.3) is 0 Å². The number of likely N-dealkylation sites (tertiary alicyclic amines) is 1. The van der Waals surface area contributed by atoms with Crippen molar-refractivity contribution in [3.63, 3.8) is 0 Å². The van der Waals surface area contributed by atoms with Crippen molar-refractivity contribution in [2.45, 2.75) is 82.3 Å². The number of nitrogens with two attached hydrogens (primary N) is 1. The standard InChI is InChI=1S/C25H35N5O6/c26-23(34)19(14-16-4-2-1-3-5-16)29-25(36)20-15-18(28-24(35)17-8-11-27-12-9-17)10-13-30(20)21(31)6-7-22(32)33/h8-9,11-12,16,18-20H,1-7,10,13-15H2,(H2,26,34)(H,28,35)(H,29,36)(H,32,33)/t18-,19-,20-/m0/s1. The minimum absolute atomic E-state index is 0.135. The lowest BCUT2D eigenvalue weighted by Crippen LogP contribution is -2.59. The molecule has 1 saturated heterocycles. The van der Waals surface area contributed by atoms with E-state index in [0.717, 1.165) is 32.1 Å². The molecule has 1 saturated carbocycles. The topological polar surface area (TPSA) is 172 Å². The first-order valence-corrected chi connectivity index (χ1v) is 12.6. The van der Waals surface area contributed by atoms with Crippen LogP contribution in [-0.2, 0) is 19.2 Å². The molecule has 2 aliphatic rings. The Bertz CT molecular complexity index is 950. The maximum Gasteiger partial charge on any atom is 0.303 e. The van der Waals surface area contributed by atoms with E-state index in [-0.39, 0.29) is 31.7 Å². The van der Waals surface area contributed by atoms with Crippen LogP contribution in [0.3, 0.4) is 0 Å². The summed E-state index contributed by atoms with van der Waals surface area (Å²) in [5.41, 5.74) is 6.03. The fourth-order valence-corrected chi connectivity index (χ4v) is 5.04. The van der Waals surface area contributed by atoms with Gasteiger partial charge in [-0.3, -0.25) is 29.0 Å². The highest BCUT2D eigenvalue weighted by Crippen LogP contribution is 2.28. The summed E-state index contributed by atoms with van der Waals surface area (Å²) in [7, 11) is 0. The van der Waals surface area contributed by atoms with Gasteiger partial charge in [-0.2, -0.15) is 0 Å². The molecule has 2 heterocycles. The van der Waals surface area contributed by atoms with Gasteiger partial charge in [-0.1, -0.05) is 32.1 Å². The summed E-state index contributed by atoms with van der Waals surface area (Å²) >= 11 is 0. The summed E-state index contributed by atoms with van der Waals surface area (Å²) < 4.78 is 0. The molecule has 1 aliphatic carbocycles. The van der Waals surface area contributed by atoms with Crippen molar-refractivity contribution in [2.75, 3.05) is 6.54 Å². The number of aliphatic carboxylic acids is 1. The van der Waals surface area contributed by atoms with E-state index < -0.39 is 41.8 Å². The number of hydrogen-bond donors (Lipinski definition) is 4. The monoisotopic (exact) mass is 501 g/mol. The number of carbonyl (C=O) groups excluding carboxylic acids is 4. The molecule has 2 fully saturated rings. The largest absolute Gasteiger partial charge is 0.481 e. The Kier molecular flexibility index (Phi) is 9.77. The van der Waals surface area contributed by atoms with E-state index in [0.29, 0.717) is 24.3 Å². The van der Waals surface area contributed by atoms with Crippen LogP contribution < -0.4 is 16.4 Å². The molecule has 4 amide bonds. The van der Waals surface area contributed by atoms with Gasteiger partial charge in [-0.05, 0) is 37.3 Å². The lowest BCUT2D eigenvalue weighted by molar-refractivity contribution is -0.146. The first-order chi connectivity index (χ1) is 17.2. The summed E-state index contributed by atoms with van der Waals surface area (Å²) in [5, 5.41) is 14.6. The summed E-state index contributed by atoms with van der Waals surface area (Å²) in [4.78, 5) is 67.2. The van der Waals surface area contributed by atoms with Crippen molar-refractivity contribution in [3.8, 4) is 0 Å². The van der Waals surface area contributed by atoms with Crippen LogP contribution >= 0.6 is 0 Å². The molecule has 0 spiro atoms. The third kappa shape index (κ3) is 7.76. The second-order valence-electron chi connectivity index (χ2n) is 9.63. The van der Waals surface area contributed by atoms with Gasteiger partial charge >= 0.3 is 5.97 Å². The van der Waals surface area contributed by atoms with Crippen molar-refractivity contribution in [1.82, 2.24) is 20.5 Å². The second-order valence-corrected chi connectivity index (χ2v) is 9.63. The Morgan fingerprint density at radius 3 is 2.39 bits per heavy atom. The average molecular weight is 502 g/mol. The molecule has 36 heavy (non-hydrogen) atoms. The Morgan fingerprint density at radius 2 is 1.75 bits per heavy atom. The minimum atomic E-state index is -1.11. The zero-order valence-electron chi connectivity index (χ0n) is 20.4. The maximum absolute atomic E-state index is 13.4. The molecule has 0 unspecified atom stereocenters. The highest BCUT2D eigenvalue weighted by Gasteiger charge is 2.38. The van der Waals surface area contributed by atoms with Crippen LogP contribution in [0.15, 0.2) is 24.5 Å².